The molecule has 0 saturated carbocycles. The third-order valence-electron chi connectivity index (χ3n) is 4.25. The van der Waals surface area contributed by atoms with Crippen LogP contribution in [0.2, 0.25) is 0 Å². The second-order valence-corrected chi connectivity index (χ2v) is 5.95. The first-order valence-corrected chi connectivity index (χ1v) is 8.06. The number of amides is 2. The first kappa shape index (κ1) is 15.1. The average Bonchev–Trinajstić information content (AvgIpc) is 2.90. The van der Waals surface area contributed by atoms with Gasteiger partial charge in [-0.3, -0.25) is 9.59 Å². The van der Waals surface area contributed by atoms with Gasteiger partial charge in [-0.2, -0.15) is 5.01 Å². The monoisotopic (exact) mass is 328 g/mol. The van der Waals surface area contributed by atoms with E-state index in [2.05, 4.69) is 0 Å². The van der Waals surface area contributed by atoms with E-state index in [9.17, 15) is 9.59 Å². The largest absolute Gasteiger partial charge is 0.281 e. The maximum absolute atomic E-state index is 12.9. The number of rotatable bonds is 3. The first-order valence-electron chi connectivity index (χ1n) is 8.06. The highest BCUT2D eigenvalue weighted by Gasteiger charge is 2.40. The summed E-state index contributed by atoms with van der Waals surface area (Å²) in [6.45, 7) is 2.00. The van der Waals surface area contributed by atoms with Crippen LogP contribution >= 0.6 is 0 Å². The lowest BCUT2D eigenvalue weighted by Crippen LogP contribution is -2.43. The maximum atomic E-state index is 12.9. The molecule has 0 radical (unpaired) electrons. The minimum absolute atomic E-state index is 0.315. The number of hydrogen-bond donors (Lipinski definition) is 0. The van der Waals surface area contributed by atoms with Gasteiger partial charge in [0.1, 0.15) is 0 Å². The Hall–Kier alpha value is -3.40. The SMILES string of the molecule is Cc1ccc(N(c2ccccc2)N2C(=O)c3ccccc3C2=O)cc1. The number of fused-ring (bicyclic) bond motifs is 1. The Labute approximate surface area is 145 Å². The summed E-state index contributed by atoms with van der Waals surface area (Å²) in [5.74, 6) is -0.630. The molecule has 0 spiro atoms. The zero-order valence-electron chi connectivity index (χ0n) is 13.7. The van der Waals surface area contributed by atoms with Crippen molar-refractivity contribution < 1.29 is 9.59 Å². The van der Waals surface area contributed by atoms with E-state index in [4.69, 9.17) is 0 Å². The van der Waals surface area contributed by atoms with E-state index >= 15 is 0 Å². The minimum atomic E-state index is -0.315. The predicted octanol–water partition coefficient (Wildman–Crippen LogP) is 4.34. The van der Waals surface area contributed by atoms with Crippen molar-refractivity contribution in [2.45, 2.75) is 6.92 Å². The van der Waals surface area contributed by atoms with Crippen LogP contribution in [0, 0.1) is 6.92 Å². The van der Waals surface area contributed by atoms with E-state index in [-0.39, 0.29) is 11.8 Å². The highest BCUT2D eigenvalue weighted by atomic mass is 16.2. The molecule has 0 atom stereocenters. The maximum Gasteiger partial charge on any atom is 0.281 e. The Kier molecular flexibility index (Phi) is 3.58. The van der Waals surface area contributed by atoms with E-state index in [0.29, 0.717) is 11.1 Å². The second kappa shape index (κ2) is 5.91. The molecule has 1 heterocycles. The summed E-state index contributed by atoms with van der Waals surface area (Å²) in [6, 6.07) is 24.1. The Morgan fingerprint density at radius 2 is 1.12 bits per heavy atom. The number of aryl methyl sites for hydroxylation is 1. The van der Waals surface area contributed by atoms with Crippen molar-refractivity contribution >= 4 is 23.2 Å². The van der Waals surface area contributed by atoms with Gasteiger partial charge in [-0.25, -0.2) is 5.01 Å². The van der Waals surface area contributed by atoms with Gasteiger partial charge in [0.25, 0.3) is 11.8 Å². The van der Waals surface area contributed by atoms with Crippen LogP contribution in [0.5, 0.6) is 0 Å². The predicted molar refractivity (Wildman–Crippen MR) is 96.7 cm³/mol. The lowest BCUT2D eigenvalue weighted by atomic mass is 10.1. The zero-order valence-corrected chi connectivity index (χ0v) is 13.7. The molecule has 4 heteroatoms. The van der Waals surface area contributed by atoms with E-state index < -0.39 is 0 Å². The minimum Gasteiger partial charge on any atom is -0.267 e. The molecule has 3 aromatic rings. The van der Waals surface area contributed by atoms with Crippen LogP contribution in [-0.2, 0) is 0 Å². The normalized spacial score (nSPS) is 13.1. The number of para-hydroxylation sites is 1. The number of anilines is 2. The molecule has 0 fully saturated rings. The number of hydrogen-bond acceptors (Lipinski definition) is 3. The topological polar surface area (TPSA) is 40.6 Å². The Bertz CT molecular complexity index is 914. The Morgan fingerprint density at radius 1 is 0.640 bits per heavy atom. The highest BCUT2D eigenvalue weighted by Crippen LogP contribution is 2.33. The fraction of sp³-hybridized carbons (Fsp3) is 0.0476. The molecule has 25 heavy (non-hydrogen) atoms. The van der Waals surface area contributed by atoms with Crippen LogP contribution in [0.25, 0.3) is 0 Å². The third kappa shape index (κ3) is 2.48. The lowest BCUT2D eigenvalue weighted by Gasteiger charge is -2.32. The molecule has 1 aliphatic rings. The molecular formula is C21H16N2O2. The number of carbonyl (C=O) groups is 2. The van der Waals surface area contributed by atoms with Gasteiger partial charge in [0.05, 0.1) is 22.5 Å². The molecule has 0 aromatic heterocycles. The van der Waals surface area contributed by atoms with Crippen molar-refractivity contribution in [1.82, 2.24) is 5.01 Å². The van der Waals surface area contributed by atoms with Crippen LogP contribution in [0.1, 0.15) is 26.3 Å². The summed E-state index contributed by atoms with van der Waals surface area (Å²) in [4.78, 5) is 25.9. The Balaban J connectivity index is 1.86. The molecule has 1 aliphatic heterocycles. The van der Waals surface area contributed by atoms with Gasteiger partial charge in [0.15, 0.2) is 0 Å². The molecule has 4 rings (SSSR count). The first-order chi connectivity index (χ1) is 12.2. The molecule has 2 amide bonds. The van der Waals surface area contributed by atoms with E-state index in [1.165, 1.54) is 5.01 Å². The number of nitrogens with zero attached hydrogens (tertiary/aromatic N) is 2. The molecule has 0 aliphatic carbocycles. The lowest BCUT2D eigenvalue weighted by molar-refractivity contribution is 0.0654. The van der Waals surface area contributed by atoms with E-state index in [1.54, 1.807) is 29.3 Å². The quantitative estimate of drug-likeness (QED) is 0.671. The number of imide groups is 1. The van der Waals surface area contributed by atoms with Crippen LogP contribution in [-0.4, -0.2) is 16.8 Å². The van der Waals surface area contributed by atoms with Gasteiger partial charge >= 0.3 is 0 Å². The van der Waals surface area contributed by atoms with Crippen molar-refractivity contribution in [3.8, 4) is 0 Å². The van der Waals surface area contributed by atoms with E-state index in [1.807, 2.05) is 61.5 Å². The molecule has 0 bridgehead atoms. The summed E-state index contributed by atoms with van der Waals surface area (Å²) < 4.78 is 0. The van der Waals surface area contributed by atoms with Crippen LogP contribution in [0.4, 0.5) is 11.4 Å². The molecule has 0 saturated heterocycles. The number of carbonyl (C=O) groups excluding carboxylic acids is 2. The van der Waals surface area contributed by atoms with Crippen LogP contribution in [0.15, 0.2) is 78.9 Å². The average molecular weight is 328 g/mol. The van der Waals surface area contributed by atoms with Gasteiger partial charge in [0.2, 0.25) is 0 Å². The summed E-state index contributed by atoms with van der Waals surface area (Å²) >= 11 is 0. The van der Waals surface area contributed by atoms with Gasteiger partial charge < -0.3 is 0 Å². The molecule has 0 unspecified atom stereocenters. The van der Waals surface area contributed by atoms with Gasteiger partial charge in [-0.15, -0.1) is 0 Å². The number of hydrazine groups is 1. The summed E-state index contributed by atoms with van der Waals surface area (Å²) in [5.41, 5.74) is 3.48. The van der Waals surface area contributed by atoms with Gasteiger partial charge in [0, 0.05) is 0 Å². The third-order valence-corrected chi connectivity index (χ3v) is 4.25. The van der Waals surface area contributed by atoms with Crippen molar-refractivity contribution in [3.63, 3.8) is 0 Å². The standard InChI is InChI=1S/C21H16N2O2/c1-15-11-13-17(14-12-15)22(16-7-3-2-4-8-16)23-20(24)18-9-5-6-10-19(18)21(23)25/h2-14H,1H3. The Morgan fingerprint density at radius 3 is 1.68 bits per heavy atom. The van der Waals surface area contributed by atoms with Crippen molar-refractivity contribution in [3.05, 3.63) is 95.6 Å². The zero-order chi connectivity index (χ0) is 17.4. The second-order valence-electron chi connectivity index (χ2n) is 5.95. The smallest absolute Gasteiger partial charge is 0.267 e. The summed E-state index contributed by atoms with van der Waals surface area (Å²) in [6.07, 6.45) is 0. The van der Waals surface area contributed by atoms with Gasteiger partial charge in [-0.1, -0.05) is 48.0 Å². The molecule has 122 valence electrons. The van der Waals surface area contributed by atoms with E-state index in [0.717, 1.165) is 16.9 Å². The molecular weight excluding hydrogens is 312 g/mol. The van der Waals surface area contributed by atoms with Crippen LogP contribution < -0.4 is 5.01 Å². The fourth-order valence-corrected chi connectivity index (χ4v) is 2.99. The number of benzene rings is 3. The molecule has 4 nitrogen and oxygen atoms in total. The van der Waals surface area contributed by atoms with Crippen molar-refractivity contribution in [2.75, 3.05) is 5.01 Å². The van der Waals surface area contributed by atoms with Crippen LogP contribution in [0.3, 0.4) is 0 Å². The van der Waals surface area contributed by atoms with Crippen molar-refractivity contribution in [1.29, 1.82) is 0 Å². The molecule has 3 aromatic carbocycles. The van der Waals surface area contributed by atoms with Gasteiger partial charge in [-0.05, 0) is 43.3 Å². The highest BCUT2D eigenvalue weighted by molar-refractivity contribution is 6.22. The fourth-order valence-electron chi connectivity index (χ4n) is 2.99. The summed E-state index contributed by atoms with van der Waals surface area (Å²) in [5, 5.41) is 2.88. The molecule has 0 N–H and O–H groups in total. The van der Waals surface area contributed by atoms with Crippen molar-refractivity contribution in [2.24, 2.45) is 0 Å². The summed E-state index contributed by atoms with van der Waals surface area (Å²) in [7, 11) is 0.